The minimum atomic E-state index is -1.04. The summed E-state index contributed by atoms with van der Waals surface area (Å²) in [6.07, 6.45) is -0.203. The first kappa shape index (κ1) is 16.2. The van der Waals surface area contributed by atoms with Crippen LogP contribution in [0.3, 0.4) is 0 Å². The molecule has 3 rings (SSSR count). The molecule has 2 N–H and O–H groups in total. The van der Waals surface area contributed by atoms with E-state index in [-0.39, 0.29) is 35.6 Å². The number of benzene rings is 1. The number of phenols is 1. The van der Waals surface area contributed by atoms with Crippen LogP contribution in [0.5, 0.6) is 5.75 Å². The van der Waals surface area contributed by atoms with Gasteiger partial charge in [0.2, 0.25) is 0 Å². The summed E-state index contributed by atoms with van der Waals surface area (Å²) in [7, 11) is 0. The van der Waals surface area contributed by atoms with E-state index in [0.717, 1.165) is 12.2 Å². The van der Waals surface area contributed by atoms with E-state index in [1.807, 2.05) is 12.1 Å². The van der Waals surface area contributed by atoms with Crippen LogP contribution in [0.1, 0.15) is 25.7 Å². The second-order valence-electron chi connectivity index (χ2n) is 5.44. The van der Waals surface area contributed by atoms with Crippen molar-refractivity contribution >= 4 is 16.5 Å². The van der Waals surface area contributed by atoms with Crippen molar-refractivity contribution in [2.45, 2.75) is 26.2 Å². The second-order valence-corrected chi connectivity index (χ2v) is 18.5. The molecule has 2 aliphatic rings. The number of hydrogen-bond acceptors (Lipinski definition) is 5. The molecule has 0 radical (unpaired) electrons. The van der Waals surface area contributed by atoms with E-state index in [2.05, 4.69) is 15.6 Å². The Bertz CT molecular complexity index is 469. The molecule has 0 aliphatic carbocycles. The fourth-order valence-corrected chi connectivity index (χ4v) is 9.38. The zero-order valence-electron chi connectivity index (χ0n) is 12.0. The first-order valence-corrected chi connectivity index (χ1v) is 16.3. The van der Waals surface area contributed by atoms with Crippen molar-refractivity contribution in [2.24, 2.45) is 11.8 Å². The van der Waals surface area contributed by atoms with Crippen LogP contribution < -0.4 is 19.2 Å². The molecule has 0 spiro atoms. The zero-order valence-corrected chi connectivity index (χ0v) is 16.3. The Morgan fingerprint density at radius 3 is 2.86 bits per heavy atom. The topological polar surface area (TPSA) is 69.9 Å². The molecule has 4 atom stereocenters. The number of halogens is 2. The van der Waals surface area contributed by atoms with Crippen molar-refractivity contribution in [3.8, 4) is 5.75 Å². The minimum absolute atomic E-state index is 0.145. The van der Waals surface area contributed by atoms with Gasteiger partial charge in [-0.15, -0.1) is 0 Å². The van der Waals surface area contributed by atoms with Crippen LogP contribution in [-0.2, 0) is 12.5 Å². The molecule has 5 nitrogen and oxygen atoms in total. The molecule has 0 aromatic heterocycles. The van der Waals surface area contributed by atoms with E-state index < -0.39 is 16.5 Å². The van der Waals surface area contributed by atoms with Gasteiger partial charge in [-0.25, -0.2) is 0 Å². The summed E-state index contributed by atoms with van der Waals surface area (Å²) in [6.45, 7) is 5.83. The quantitative estimate of drug-likeness (QED) is 0.324. The van der Waals surface area contributed by atoms with Gasteiger partial charge in [0.1, 0.15) is 0 Å². The normalized spacial score (nSPS) is 32.3. The molecule has 120 valence electrons. The predicted molar refractivity (Wildman–Crippen MR) is 83.1 cm³/mol. The Kier molecular flexibility index (Phi) is 5.60. The molecule has 2 fully saturated rings. The number of hydrogen-bond donors (Lipinski definition) is 2. The van der Waals surface area contributed by atoms with Gasteiger partial charge in [-0.2, -0.15) is 0 Å². The molecule has 21 heavy (non-hydrogen) atoms. The molecule has 0 bridgehead atoms. The van der Waals surface area contributed by atoms with Gasteiger partial charge < -0.3 is 0 Å². The maximum atomic E-state index is 9.37. The van der Waals surface area contributed by atoms with Gasteiger partial charge in [0, 0.05) is 0 Å². The number of phenolic OH excluding ortho intramolecular Hbond substituents is 1. The van der Waals surface area contributed by atoms with Crippen molar-refractivity contribution in [3.05, 3.63) is 29.8 Å². The summed E-state index contributed by atoms with van der Waals surface area (Å²) in [5.74, 6) is 0.988. The molecule has 1 aromatic carbocycles. The van der Waals surface area contributed by atoms with E-state index in [9.17, 15) is 5.11 Å². The molecule has 7 heteroatoms. The first-order valence-electron chi connectivity index (χ1n) is 6.93. The number of ether oxygens (including phenoxy) is 2. The number of rotatable bonds is 5. The van der Waals surface area contributed by atoms with E-state index in [0.29, 0.717) is 18.4 Å². The average Bonchev–Trinajstić information content (AvgIpc) is 3.30. The first-order chi connectivity index (χ1) is 10.1. The van der Waals surface area contributed by atoms with E-state index in [4.69, 9.17) is 12.5 Å². The Labute approximate surface area is 139 Å². The second kappa shape index (κ2) is 7.26. The molecule has 2 heterocycles. The van der Waals surface area contributed by atoms with Crippen molar-refractivity contribution in [2.75, 3.05) is 13.2 Å². The molecule has 0 saturated carbocycles. The van der Waals surface area contributed by atoms with Crippen molar-refractivity contribution in [1.82, 2.24) is 1.74 Å². The van der Waals surface area contributed by atoms with Crippen LogP contribution in [0, 0.1) is 11.8 Å². The summed E-state index contributed by atoms with van der Waals surface area (Å²) < 4.78 is 21.3. The molecule has 2 saturated heterocycles. The van der Waals surface area contributed by atoms with Gasteiger partial charge in [-0.3, -0.25) is 0 Å². The fraction of sp³-hybridized carbons (Fsp3) is 0.571. The Balaban J connectivity index is 1.61. The van der Waals surface area contributed by atoms with Gasteiger partial charge in [0.25, 0.3) is 0 Å². The van der Waals surface area contributed by atoms with Crippen molar-refractivity contribution in [3.63, 3.8) is 0 Å². The zero-order chi connectivity index (χ0) is 14.8. The standard InChI is InChI=1S/C14H20I2NO4/c1-9-7-19-14(11-3-5-12(18)6-4-11)21-13(9)10(2)8-20-16-15-17-16/h3-6,9-10,13-14,17-18H,7-8H2,1-2H3/q-1/t9-,10-,13-,14-/m0/s1. The number of aromatic hydroxyl groups is 1. The fourth-order valence-electron chi connectivity index (χ4n) is 2.45. The van der Waals surface area contributed by atoms with E-state index in [1.165, 1.54) is 0 Å². The molecule has 0 unspecified atom stereocenters. The molecule has 2 aliphatic heterocycles. The predicted octanol–water partition coefficient (Wildman–Crippen LogP) is -0.0464. The van der Waals surface area contributed by atoms with Crippen LogP contribution in [0.4, 0.5) is 0 Å². The average molecular weight is 520 g/mol. The summed E-state index contributed by atoms with van der Waals surface area (Å²) in [6, 6.07) is 7.02. The van der Waals surface area contributed by atoms with Gasteiger partial charge in [-0.05, 0) is 0 Å². The summed E-state index contributed by atoms with van der Waals surface area (Å²) in [4.78, 5) is 0. The summed E-state index contributed by atoms with van der Waals surface area (Å²) in [5, 5.41) is 9.37. The molecular weight excluding hydrogens is 500 g/mol. The van der Waals surface area contributed by atoms with Crippen LogP contribution >= 0.6 is 16.5 Å². The van der Waals surface area contributed by atoms with Gasteiger partial charge >= 0.3 is 140 Å². The van der Waals surface area contributed by atoms with Crippen LogP contribution in [0.25, 0.3) is 0 Å². The third-order valence-corrected chi connectivity index (χ3v) is 11.8. The van der Waals surface area contributed by atoms with Crippen LogP contribution in [0.15, 0.2) is 24.3 Å². The third-order valence-electron chi connectivity index (χ3n) is 3.63. The van der Waals surface area contributed by atoms with Gasteiger partial charge in [0.15, 0.2) is 0 Å². The Morgan fingerprint density at radius 2 is 2.19 bits per heavy atom. The van der Waals surface area contributed by atoms with Gasteiger partial charge in [-0.1, -0.05) is 0 Å². The Hall–Kier alpha value is 0.320. The van der Waals surface area contributed by atoms with Crippen molar-refractivity contribution < 1.29 is 35.2 Å². The Morgan fingerprint density at radius 1 is 1.48 bits per heavy atom. The molecular formula is C14H20I2NO4-. The van der Waals surface area contributed by atoms with Crippen LogP contribution in [0.2, 0.25) is 0 Å². The molecule has 1 aromatic rings. The molecule has 0 amide bonds. The summed E-state index contributed by atoms with van der Waals surface area (Å²) >= 11 is -0.785. The summed E-state index contributed by atoms with van der Waals surface area (Å²) in [5.41, 5.74) is 0.947. The monoisotopic (exact) mass is 520 g/mol. The van der Waals surface area contributed by atoms with Crippen LogP contribution in [-0.4, -0.2) is 24.4 Å². The third kappa shape index (κ3) is 4.41. The van der Waals surface area contributed by atoms with E-state index in [1.54, 1.807) is 12.1 Å². The van der Waals surface area contributed by atoms with E-state index >= 15 is 0 Å². The maximum absolute atomic E-state index is 9.37. The SMILES string of the molecule is C[C@H]1CO[C@H](c2ccc(O)cc2)O[C@@H]1[C@@H](C)COI1N[I-]1. The number of nitrogens with one attached hydrogen (secondary N) is 1. The van der Waals surface area contributed by atoms with Gasteiger partial charge in [0.05, 0.1) is 0 Å². The van der Waals surface area contributed by atoms with Crippen molar-refractivity contribution in [1.29, 1.82) is 0 Å².